The number of phenolic OH excluding ortho intramolecular Hbond substituents is 1. The van der Waals surface area contributed by atoms with Gasteiger partial charge < -0.3 is 14.7 Å². The second kappa shape index (κ2) is 5.41. The summed E-state index contributed by atoms with van der Waals surface area (Å²) in [5.41, 5.74) is 0. The van der Waals surface area contributed by atoms with Gasteiger partial charge in [0.1, 0.15) is 17.6 Å². The topological polar surface area (TPSA) is 32.7 Å². The van der Waals surface area contributed by atoms with Gasteiger partial charge in [0.25, 0.3) is 0 Å². The van der Waals surface area contributed by atoms with Crippen molar-refractivity contribution in [2.75, 3.05) is 20.6 Å². The fraction of sp³-hybridized carbons (Fsp3) is 0.571. The largest absolute Gasteiger partial charge is 0.508 e. The van der Waals surface area contributed by atoms with Gasteiger partial charge in [0.15, 0.2) is 0 Å². The van der Waals surface area contributed by atoms with Gasteiger partial charge in [-0.2, -0.15) is 0 Å². The van der Waals surface area contributed by atoms with Gasteiger partial charge in [0.2, 0.25) is 0 Å². The van der Waals surface area contributed by atoms with Crippen LogP contribution < -0.4 is 4.74 Å². The molecule has 1 fully saturated rings. The van der Waals surface area contributed by atoms with E-state index in [1.54, 1.807) is 12.1 Å². The molecule has 0 heterocycles. The Labute approximate surface area is 103 Å². The van der Waals surface area contributed by atoms with Crippen LogP contribution in [0.1, 0.15) is 19.3 Å². The Morgan fingerprint density at radius 2 is 2.18 bits per heavy atom. The molecule has 0 spiro atoms. The molecule has 1 saturated carbocycles. The summed E-state index contributed by atoms with van der Waals surface area (Å²) >= 11 is 0. The summed E-state index contributed by atoms with van der Waals surface area (Å²) in [7, 11) is 4.16. The van der Waals surface area contributed by atoms with E-state index in [0.29, 0.717) is 12.0 Å². The highest BCUT2D eigenvalue weighted by molar-refractivity contribution is 5.31. The van der Waals surface area contributed by atoms with Crippen molar-refractivity contribution in [3.05, 3.63) is 24.3 Å². The molecule has 0 radical (unpaired) electrons. The van der Waals surface area contributed by atoms with Crippen LogP contribution in [0.3, 0.4) is 0 Å². The van der Waals surface area contributed by atoms with Crippen molar-refractivity contribution >= 4 is 0 Å². The number of nitrogens with zero attached hydrogens (tertiary/aromatic N) is 1. The van der Waals surface area contributed by atoms with Crippen molar-refractivity contribution in [2.45, 2.75) is 25.4 Å². The number of hydrogen-bond donors (Lipinski definition) is 1. The van der Waals surface area contributed by atoms with Crippen molar-refractivity contribution < 1.29 is 9.84 Å². The molecule has 1 aliphatic rings. The minimum atomic E-state index is 0.268. The standard InChI is InChI=1S/C14H21NO2/c1-15(2)9-8-14(11-6-7-11)17-13-5-3-4-12(16)10-13/h3-5,10-11,14,16H,6-9H2,1-2H3. The average Bonchev–Trinajstić information content (AvgIpc) is 3.07. The lowest BCUT2D eigenvalue weighted by atomic mass is 10.1. The molecule has 1 unspecified atom stereocenters. The van der Waals surface area contributed by atoms with E-state index < -0.39 is 0 Å². The summed E-state index contributed by atoms with van der Waals surface area (Å²) in [4.78, 5) is 2.18. The van der Waals surface area contributed by atoms with Gasteiger partial charge >= 0.3 is 0 Å². The van der Waals surface area contributed by atoms with Gasteiger partial charge in [-0.05, 0) is 51.4 Å². The first-order valence-electron chi connectivity index (χ1n) is 6.25. The lowest BCUT2D eigenvalue weighted by Gasteiger charge is -2.20. The lowest BCUT2D eigenvalue weighted by molar-refractivity contribution is 0.155. The van der Waals surface area contributed by atoms with E-state index in [9.17, 15) is 5.11 Å². The fourth-order valence-electron chi connectivity index (χ4n) is 1.98. The van der Waals surface area contributed by atoms with Crippen LogP contribution in [0.4, 0.5) is 0 Å². The molecule has 0 aromatic heterocycles. The minimum Gasteiger partial charge on any atom is -0.508 e. The molecule has 17 heavy (non-hydrogen) atoms. The van der Waals surface area contributed by atoms with Crippen LogP contribution in [-0.4, -0.2) is 36.8 Å². The Balaban J connectivity index is 1.93. The monoisotopic (exact) mass is 235 g/mol. The van der Waals surface area contributed by atoms with Crippen LogP contribution in [0.5, 0.6) is 11.5 Å². The number of hydrogen-bond acceptors (Lipinski definition) is 3. The van der Waals surface area contributed by atoms with Gasteiger partial charge in [-0.15, -0.1) is 0 Å². The van der Waals surface area contributed by atoms with E-state index in [2.05, 4.69) is 19.0 Å². The molecule has 3 heteroatoms. The predicted octanol–water partition coefficient (Wildman–Crippen LogP) is 2.50. The number of rotatable bonds is 6. The first-order valence-corrected chi connectivity index (χ1v) is 6.25. The molecule has 3 nitrogen and oxygen atoms in total. The van der Waals surface area contributed by atoms with E-state index in [1.807, 2.05) is 12.1 Å². The Kier molecular flexibility index (Phi) is 3.89. The molecule has 1 atom stereocenters. The Morgan fingerprint density at radius 3 is 2.76 bits per heavy atom. The quantitative estimate of drug-likeness (QED) is 0.822. The molecule has 0 bridgehead atoms. The summed E-state index contributed by atoms with van der Waals surface area (Å²) in [6.45, 7) is 1.04. The lowest BCUT2D eigenvalue weighted by Crippen LogP contribution is -2.25. The maximum Gasteiger partial charge on any atom is 0.123 e. The fourth-order valence-corrected chi connectivity index (χ4v) is 1.98. The van der Waals surface area contributed by atoms with Gasteiger partial charge in [-0.3, -0.25) is 0 Å². The molecule has 94 valence electrons. The van der Waals surface area contributed by atoms with Crippen LogP contribution in [0.25, 0.3) is 0 Å². The number of benzene rings is 1. The van der Waals surface area contributed by atoms with E-state index in [1.165, 1.54) is 12.8 Å². The summed E-state index contributed by atoms with van der Waals surface area (Å²) in [5.74, 6) is 1.75. The van der Waals surface area contributed by atoms with Gasteiger partial charge in [0, 0.05) is 12.6 Å². The number of phenols is 1. The second-order valence-corrected chi connectivity index (χ2v) is 5.08. The van der Waals surface area contributed by atoms with E-state index in [0.717, 1.165) is 18.7 Å². The first-order chi connectivity index (χ1) is 8.15. The Morgan fingerprint density at radius 1 is 1.41 bits per heavy atom. The highest BCUT2D eigenvalue weighted by atomic mass is 16.5. The highest BCUT2D eigenvalue weighted by Gasteiger charge is 2.32. The van der Waals surface area contributed by atoms with Crippen LogP contribution in [-0.2, 0) is 0 Å². The summed E-state index contributed by atoms with van der Waals surface area (Å²) in [6, 6.07) is 7.08. The molecule has 1 aliphatic carbocycles. The third-order valence-corrected chi connectivity index (χ3v) is 3.11. The van der Waals surface area contributed by atoms with Gasteiger partial charge in [-0.1, -0.05) is 6.07 Å². The van der Waals surface area contributed by atoms with Crippen LogP contribution >= 0.6 is 0 Å². The Bertz CT molecular complexity index is 361. The van der Waals surface area contributed by atoms with Crippen molar-refractivity contribution in [1.29, 1.82) is 0 Å². The minimum absolute atomic E-state index is 0.268. The normalized spacial score (nSPS) is 17.1. The average molecular weight is 235 g/mol. The highest BCUT2D eigenvalue weighted by Crippen LogP contribution is 2.36. The van der Waals surface area contributed by atoms with Gasteiger partial charge in [0.05, 0.1) is 0 Å². The molecular formula is C14H21NO2. The number of ether oxygens (including phenoxy) is 1. The SMILES string of the molecule is CN(C)CCC(Oc1cccc(O)c1)C1CC1. The molecule has 2 rings (SSSR count). The molecule has 0 aliphatic heterocycles. The molecule has 1 aromatic rings. The zero-order valence-electron chi connectivity index (χ0n) is 10.6. The summed E-state index contributed by atoms with van der Waals surface area (Å²) in [5, 5.41) is 9.41. The van der Waals surface area contributed by atoms with Crippen molar-refractivity contribution in [3.8, 4) is 11.5 Å². The Hall–Kier alpha value is -1.22. The van der Waals surface area contributed by atoms with Gasteiger partial charge in [-0.25, -0.2) is 0 Å². The zero-order valence-corrected chi connectivity index (χ0v) is 10.6. The van der Waals surface area contributed by atoms with Crippen LogP contribution in [0, 0.1) is 5.92 Å². The van der Waals surface area contributed by atoms with Crippen molar-refractivity contribution in [3.63, 3.8) is 0 Å². The number of aromatic hydroxyl groups is 1. The molecule has 1 N–H and O–H groups in total. The summed E-state index contributed by atoms with van der Waals surface area (Å²) in [6.07, 6.45) is 3.89. The molecular weight excluding hydrogens is 214 g/mol. The van der Waals surface area contributed by atoms with Crippen LogP contribution in [0.2, 0.25) is 0 Å². The van der Waals surface area contributed by atoms with Crippen molar-refractivity contribution in [2.24, 2.45) is 5.92 Å². The molecule has 0 saturated heterocycles. The molecule has 0 amide bonds. The third-order valence-electron chi connectivity index (χ3n) is 3.11. The van der Waals surface area contributed by atoms with E-state index in [4.69, 9.17) is 4.74 Å². The van der Waals surface area contributed by atoms with E-state index >= 15 is 0 Å². The van der Waals surface area contributed by atoms with Crippen molar-refractivity contribution in [1.82, 2.24) is 4.90 Å². The molecule has 1 aromatic carbocycles. The van der Waals surface area contributed by atoms with Crippen LogP contribution in [0.15, 0.2) is 24.3 Å². The maximum atomic E-state index is 9.41. The zero-order chi connectivity index (χ0) is 12.3. The first kappa shape index (κ1) is 12.2. The second-order valence-electron chi connectivity index (χ2n) is 5.08. The third kappa shape index (κ3) is 3.93. The maximum absolute atomic E-state index is 9.41. The predicted molar refractivity (Wildman–Crippen MR) is 68.4 cm³/mol. The smallest absolute Gasteiger partial charge is 0.123 e. The summed E-state index contributed by atoms with van der Waals surface area (Å²) < 4.78 is 5.98. The van der Waals surface area contributed by atoms with E-state index in [-0.39, 0.29) is 5.75 Å².